The van der Waals surface area contributed by atoms with Crippen molar-refractivity contribution >= 4 is 10.9 Å². The molecule has 1 aliphatic heterocycles. The molecule has 0 radical (unpaired) electrons. The summed E-state index contributed by atoms with van der Waals surface area (Å²) < 4.78 is 13.6. The lowest BCUT2D eigenvalue weighted by Gasteiger charge is -2.27. The molecule has 4 aromatic rings. The van der Waals surface area contributed by atoms with Crippen LogP contribution in [0.25, 0.3) is 22.4 Å². The fourth-order valence-electron chi connectivity index (χ4n) is 3.99. The highest BCUT2D eigenvalue weighted by Crippen LogP contribution is 2.25. The number of benzene rings is 1. The van der Waals surface area contributed by atoms with Gasteiger partial charge in [-0.3, -0.25) is 14.7 Å². The fraction of sp³-hybridized carbons (Fsp3) is 0.227. The molecule has 1 aliphatic rings. The SMILES string of the molecule is Cc1c(CN2CCc3c(nc(-c4ccccn4)[nH]c3=O)C2)[nH]c2ccc(F)cc12. The molecule has 3 aromatic heterocycles. The number of H-pyrrole nitrogens is 2. The Morgan fingerprint density at radius 1 is 1.21 bits per heavy atom. The highest BCUT2D eigenvalue weighted by Gasteiger charge is 2.23. The maximum Gasteiger partial charge on any atom is 0.254 e. The minimum absolute atomic E-state index is 0.0902. The largest absolute Gasteiger partial charge is 0.357 e. The molecule has 5 rings (SSSR count). The van der Waals surface area contributed by atoms with Gasteiger partial charge in [-0.1, -0.05) is 6.07 Å². The van der Waals surface area contributed by atoms with Crippen LogP contribution in [0.3, 0.4) is 0 Å². The molecular formula is C22H20FN5O. The van der Waals surface area contributed by atoms with Crippen LogP contribution in [0.4, 0.5) is 4.39 Å². The van der Waals surface area contributed by atoms with Gasteiger partial charge >= 0.3 is 0 Å². The summed E-state index contributed by atoms with van der Waals surface area (Å²) in [6.45, 7) is 4.05. The van der Waals surface area contributed by atoms with Crippen LogP contribution in [0.1, 0.15) is 22.5 Å². The van der Waals surface area contributed by atoms with Crippen molar-refractivity contribution in [1.29, 1.82) is 0 Å². The van der Waals surface area contributed by atoms with Gasteiger partial charge in [-0.25, -0.2) is 9.37 Å². The zero-order valence-electron chi connectivity index (χ0n) is 16.0. The molecule has 0 amide bonds. The number of nitrogens with zero attached hydrogens (tertiary/aromatic N) is 3. The average molecular weight is 389 g/mol. The minimum atomic E-state index is -0.233. The molecule has 0 saturated heterocycles. The monoisotopic (exact) mass is 389 g/mol. The van der Waals surface area contributed by atoms with Crippen LogP contribution in [0.15, 0.2) is 47.4 Å². The van der Waals surface area contributed by atoms with E-state index in [-0.39, 0.29) is 11.4 Å². The van der Waals surface area contributed by atoms with Crippen LogP contribution < -0.4 is 5.56 Å². The Labute approximate surface area is 166 Å². The van der Waals surface area contributed by atoms with E-state index in [1.54, 1.807) is 18.3 Å². The van der Waals surface area contributed by atoms with Gasteiger partial charge in [0.25, 0.3) is 5.56 Å². The molecule has 0 atom stereocenters. The number of aryl methyl sites for hydroxylation is 1. The molecule has 0 saturated carbocycles. The summed E-state index contributed by atoms with van der Waals surface area (Å²) in [7, 11) is 0. The van der Waals surface area contributed by atoms with Crippen molar-refractivity contribution in [2.24, 2.45) is 0 Å². The highest BCUT2D eigenvalue weighted by atomic mass is 19.1. The Bertz CT molecular complexity index is 1260. The standard InChI is InChI=1S/C22H20FN5O/c1-13-16-10-14(23)5-6-17(16)25-19(13)11-28-9-7-15-20(12-28)26-21(27-22(15)29)18-4-2-3-8-24-18/h2-6,8,10,25H,7,9,11-12H2,1H3,(H,26,27,29). The topological polar surface area (TPSA) is 77.7 Å². The minimum Gasteiger partial charge on any atom is -0.357 e. The van der Waals surface area contributed by atoms with Gasteiger partial charge in [0.2, 0.25) is 0 Å². The first-order valence-corrected chi connectivity index (χ1v) is 9.61. The van der Waals surface area contributed by atoms with Crippen LogP contribution in [-0.4, -0.2) is 31.4 Å². The molecule has 0 bridgehead atoms. The maximum atomic E-state index is 13.6. The second-order valence-electron chi connectivity index (χ2n) is 7.43. The van der Waals surface area contributed by atoms with Crippen molar-refractivity contribution in [3.05, 3.63) is 81.3 Å². The molecule has 0 aliphatic carbocycles. The number of aromatic nitrogens is 4. The average Bonchev–Trinajstić information content (AvgIpc) is 3.03. The number of rotatable bonds is 3. The first-order chi connectivity index (χ1) is 14.1. The van der Waals surface area contributed by atoms with Gasteiger partial charge < -0.3 is 9.97 Å². The highest BCUT2D eigenvalue weighted by molar-refractivity contribution is 5.84. The number of nitrogens with one attached hydrogen (secondary N) is 2. The molecule has 146 valence electrons. The van der Waals surface area contributed by atoms with Gasteiger partial charge in [-0.2, -0.15) is 0 Å². The number of halogens is 1. The third-order valence-corrected chi connectivity index (χ3v) is 5.57. The molecule has 0 spiro atoms. The number of fused-ring (bicyclic) bond motifs is 2. The molecule has 29 heavy (non-hydrogen) atoms. The Morgan fingerprint density at radius 3 is 2.93 bits per heavy atom. The molecule has 7 heteroatoms. The summed E-state index contributed by atoms with van der Waals surface area (Å²) in [5.74, 6) is 0.261. The van der Waals surface area contributed by atoms with E-state index in [0.717, 1.165) is 40.0 Å². The summed E-state index contributed by atoms with van der Waals surface area (Å²) >= 11 is 0. The van der Waals surface area contributed by atoms with E-state index < -0.39 is 0 Å². The summed E-state index contributed by atoms with van der Waals surface area (Å²) in [6, 6.07) is 10.3. The van der Waals surface area contributed by atoms with Gasteiger partial charge in [-0.05, 0) is 49.2 Å². The van der Waals surface area contributed by atoms with E-state index in [9.17, 15) is 9.18 Å². The molecule has 6 nitrogen and oxygen atoms in total. The van der Waals surface area contributed by atoms with Crippen LogP contribution in [0, 0.1) is 12.7 Å². The van der Waals surface area contributed by atoms with E-state index in [2.05, 4.69) is 19.9 Å². The number of hydrogen-bond acceptors (Lipinski definition) is 4. The molecule has 1 aromatic carbocycles. The summed E-state index contributed by atoms with van der Waals surface area (Å²) in [6.07, 6.45) is 2.33. The summed E-state index contributed by atoms with van der Waals surface area (Å²) in [5, 5.41) is 0.907. The van der Waals surface area contributed by atoms with E-state index in [1.165, 1.54) is 6.07 Å². The van der Waals surface area contributed by atoms with Crippen molar-refractivity contribution in [3.8, 4) is 11.5 Å². The smallest absolute Gasteiger partial charge is 0.254 e. The normalized spacial score (nSPS) is 14.3. The predicted octanol–water partition coefficient (Wildman–Crippen LogP) is 3.32. The first kappa shape index (κ1) is 17.8. The number of hydrogen-bond donors (Lipinski definition) is 2. The number of aromatic amines is 2. The second-order valence-corrected chi connectivity index (χ2v) is 7.43. The van der Waals surface area contributed by atoms with Crippen molar-refractivity contribution in [2.45, 2.75) is 26.4 Å². The third-order valence-electron chi connectivity index (χ3n) is 5.57. The summed E-state index contributed by atoms with van der Waals surface area (Å²) in [5.41, 5.74) is 5.15. The Balaban J connectivity index is 1.44. The number of pyridine rings is 1. The fourth-order valence-corrected chi connectivity index (χ4v) is 3.99. The zero-order valence-corrected chi connectivity index (χ0v) is 16.0. The lowest BCUT2D eigenvalue weighted by atomic mass is 10.1. The van der Waals surface area contributed by atoms with E-state index in [4.69, 9.17) is 4.98 Å². The van der Waals surface area contributed by atoms with Crippen LogP contribution >= 0.6 is 0 Å². The van der Waals surface area contributed by atoms with Crippen LogP contribution in [-0.2, 0) is 19.5 Å². The Kier molecular flexibility index (Phi) is 4.24. The van der Waals surface area contributed by atoms with E-state index in [1.807, 2.05) is 25.1 Å². The Morgan fingerprint density at radius 2 is 2.10 bits per heavy atom. The van der Waals surface area contributed by atoms with Gasteiger partial charge in [0, 0.05) is 48.0 Å². The third kappa shape index (κ3) is 3.23. The van der Waals surface area contributed by atoms with Crippen LogP contribution in [0.5, 0.6) is 0 Å². The van der Waals surface area contributed by atoms with Crippen molar-refractivity contribution < 1.29 is 4.39 Å². The van der Waals surface area contributed by atoms with Gasteiger partial charge in [-0.15, -0.1) is 0 Å². The van der Waals surface area contributed by atoms with Crippen molar-refractivity contribution in [3.63, 3.8) is 0 Å². The van der Waals surface area contributed by atoms with E-state index in [0.29, 0.717) is 31.0 Å². The molecular weight excluding hydrogens is 369 g/mol. The Hall–Kier alpha value is -3.32. The van der Waals surface area contributed by atoms with Crippen molar-refractivity contribution in [2.75, 3.05) is 6.54 Å². The zero-order chi connectivity index (χ0) is 20.0. The predicted molar refractivity (Wildman–Crippen MR) is 109 cm³/mol. The quantitative estimate of drug-likeness (QED) is 0.564. The lowest BCUT2D eigenvalue weighted by Crippen LogP contribution is -2.35. The lowest BCUT2D eigenvalue weighted by molar-refractivity contribution is 0.238. The van der Waals surface area contributed by atoms with Gasteiger partial charge in [0.15, 0.2) is 5.82 Å². The second kappa shape index (κ2) is 6.93. The van der Waals surface area contributed by atoms with Crippen LogP contribution in [0.2, 0.25) is 0 Å². The molecule has 4 heterocycles. The maximum absolute atomic E-state index is 13.6. The van der Waals surface area contributed by atoms with Gasteiger partial charge in [0.05, 0.1) is 5.69 Å². The molecule has 0 unspecified atom stereocenters. The van der Waals surface area contributed by atoms with Crippen molar-refractivity contribution in [1.82, 2.24) is 24.8 Å². The first-order valence-electron chi connectivity index (χ1n) is 9.61. The van der Waals surface area contributed by atoms with E-state index >= 15 is 0 Å². The molecule has 2 N–H and O–H groups in total. The summed E-state index contributed by atoms with van der Waals surface area (Å²) in [4.78, 5) is 30.0. The molecule has 0 fully saturated rings. The van der Waals surface area contributed by atoms with Gasteiger partial charge in [0.1, 0.15) is 11.5 Å².